The van der Waals surface area contributed by atoms with Crippen LogP contribution < -0.4 is 40.9 Å². The lowest BCUT2D eigenvalue weighted by atomic mass is 10.0. The topological polar surface area (TPSA) is 297 Å². The maximum atomic E-state index is 12.7. The van der Waals surface area contributed by atoms with Crippen molar-refractivity contribution >= 4 is 11.9 Å². The first-order valence-electron chi connectivity index (χ1n) is 35.9. The Morgan fingerprint density at radius 3 is 0.935 bits per heavy atom. The van der Waals surface area contributed by atoms with E-state index >= 15 is 0 Å². The molecule has 0 fully saturated rings. The molecule has 0 bridgehead atoms. The molecule has 9 rings (SSSR count). The molecule has 9 aromatic rings. The highest BCUT2D eigenvalue weighted by atomic mass is 16.6. The van der Waals surface area contributed by atoms with E-state index in [0.717, 1.165) is 106 Å². The third-order valence-corrected chi connectivity index (χ3v) is 17.3. The highest BCUT2D eigenvalue weighted by Crippen LogP contribution is 2.27. The summed E-state index contributed by atoms with van der Waals surface area (Å²) < 4.78 is 46.3. The molecular formula is C86H108N6O15. The number of phenols is 4. The Balaban J connectivity index is 0.000000224. The Labute approximate surface area is 630 Å². The van der Waals surface area contributed by atoms with Gasteiger partial charge in [-0.3, -0.25) is 9.59 Å². The number of carbonyl (C=O) groups is 2. The molecule has 0 saturated heterocycles. The van der Waals surface area contributed by atoms with Crippen LogP contribution in [0.2, 0.25) is 0 Å². The average Bonchev–Trinajstić information content (AvgIpc) is 0.864. The number of hydrogen-bond acceptors (Lipinski definition) is 21. The summed E-state index contributed by atoms with van der Waals surface area (Å²) in [6, 6.07) is 64.8. The Bertz CT molecular complexity index is 4020. The van der Waals surface area contributed by atoms with Crippen molar-refractivity contribution in [3.8, 4) is 51.7 Å². The molecular weight excluding hydrogens is 1360 g/mol. The molecule has 21 heteroatoms. The quantitative estimate of drug-likeness (QED) is 0.0131. The van der Waals surface area contributed by atoms with Crippen LogP contribution in [-0.4, -0.2) is 191 Å². The number of aryl methyl sites for hydroxylation is 6. The molecule has 21 nitrogen and oxygen atoms in total. The zero-order valence-corrected chi connectivity index (χ0v) is 62.8. The molecule has 0 heterocycles. The van der Waals surface area contributed by atoms with Crippen molar-refractivity contribution in [2.24, 2.45) is 17.2 Å². The first kappa shape index (κ1) is 84.1. The van der Waals surface area contributed by atoms with Crippen molar-refractivity contribution in [2.75, 3.05) is 96.0 Å². The van der Waals surface area contributed by atoms with Gasteiger partial charge in [-0.2, -0.15) is 0 Å². The van der Waals surface area contributed by atoms with Gasteiger partial charge in [0.15, 0.2) is 6.29 Å². The van der Waals surface area contributed by atoms with E-state index in [2.05, 4.69) is 36.4 Å². The monoisotopic (exact) mass is 1460 g/mol. The van der Waals surface area contributed by atoms with Crippen molar-refractivity contribution in [1.82, 2.24) is 14.7 Å². The first-order chi connectivity index (χ1) is 51.5. The molecule has 0 aliphatic carbocycles. The smallest absolute Gasteiger partial charge is 0.323 e. The van der Waals surface area contributed by atoms with E-state index in [0.29, 0.717) is 38.9 Å². The van der Waals surface area contributed by atoms with Gasteiger partial charge in [-0.15, -0.1) is 0 Å². The maximum absolute atomic E-state index is 12.7. The summed E-state index contributed by atoms with van der Waals surface area (Å²) in [7, 11) is 14.9. The van der Waals surface area contributed by atoms with Gasteiger partial charge >= 0.3 is 11.9 Å². The van der Waals surface area contributed by atoms with Crippen molar-refractivity contribution in [2.45, 2.75) is 101 Å². The standard InChI is InChI=1S/C29H38N2O5.C29H36N2O5.C28H34N2O5/c2*1-31(2)19-26(36-29(33)27(30)18-22-9-14-24(32)15-10-22)20-35-28-7-5-4-6-23(28)13-8-21-11-16-25(34-3)17-12-21;1-30(2)18-25(35-28(33)26(29)17-21-10-15-24(32)16-11-21)19-34-27-6-4-3-5-22(27)12-7-20-8-13-23(31)14-9-20/h4-7,9-12,14-17,26-27,29,32-33H,8,13,18-20,30H2,1-3H3;4-7,9-12,14-17,26-27,32H,8,13,18-20,30H2,1-3H3;3-6,8-11,13-16,25-26,31-32H,7,12,17-19,29H2,1-2H3/t26?,27-,29?;26-,27+;25-,26-/m101/s1. The van der Waals surface area contributed by atoms with E-state index in [1.54, 1.807) is 99.1 Å². The second-order valence-electron chi connectivity index (χ2n) is 27.2. The van der Waals surface area contributed by atoms with Crippen LogP contribution in [0.15, 0.2) is 218 Å². The fraction of sp³-hybridized carbons (Fsp3) is 0.349. The predicted molar refractivity (Wildman–Crippen MR) is 418 cm³/mol. The summed E-state index contributed by atoms with van der Waals surface area (Å²) in [6.07, 6.45) is 3.54. The SMILES string of the molecule is CN(C)C[C@H](COc1ccccc1CCc1ccc(O)cc1)OC(=O)[C@H](N)Cc1ccc(O)cc1.COc1ccc(CCc2ccccc2OCC(CN(C)C)OC(O)[C@H](N)Cc2ccc(O)cc2)cc1.COc1ccc(CCc2ccccc2OC[C@H](CN(C)C)OC(=O)[C@H](N)Cc2ccc(O)cc2)cc1. The van der Waals surface area contributed by atoms with Gasteiger partial charge in [0.2, 0.25) is 0 Å². The minimum Gasteiger partial charge on any atom is -0.508 e. The van der Waals surface area contributed by atoms with Crippen LogP contribution in [0.3, 0.4) is 0 Å². The van der Waals surface area contributed by atoms with Crippen LogP contribution in [0.25, 0.3) is 0 Å². The molecule has 0 saturated carbocycles. The highest BCUT2D eigenvalue weighted by Gasteiger charge is 2.26. The number of para-hydroxylation sites is 3. The lowest BCUT2D eigenvalue weighted by molar-refractivity contribution is -0.158. The van der Waals surface area contributed by atoms with Crippen LogP contribution in [0.4, 0.5) is 0 Å². The van der Waals surface area contributed by atoms with Crippen molar-refractivity contribution in [3.63, 3.8) is 0 Å². The number of nitrogens with two attached hydrogens (primary N) is 3. The van der Waals surface area contributed by atoms with Crippen LogP contribution in [0.5, 0.6) is 51.7 Å². The number of methoxy groups -OCH3 is 2. The molecule has 7 atom stereocenters. The highest BCUT2D eigenvalue weighted by molar-refractivity contribution is 5.76. The Kier molecular flexibility index (Phi) is 35.1. The third kappa shape index (κ3) is 31.0. The zero-order chi connectivity index (χ0) is 77.0. The largest absolute Gasteiger partial charge is 0.508 e. The minimum atomic E-state index is -1.15. The molecule has 0 spiro atoms. The lowest BCUT2D eigenvalue weighted by Gasteiger charge is -2.27. The molecule has 0 aliphatic heterocycles. The summed E-state index contributed by atoms with van der Waals surface area (Å²) in [4.78, 5) is 31.3. The number of benzene rings is 9. The Morgan fingerprint density at radius 1 is 0.355 bits per heavy atom. The fourth-order valence-electron chi connectivity index (χ4n) is 11.5. The van der Waals surface area contributed by atoms with E-state index in [-0.39, 0.29) is 48.9 Å². The normalized spacial score (nSPS) is 13.1. The average molecular weight is 1470 g/mol. The van der Waals surface area contributed by atoms with E-state index in [1.807, 2.05) is 154 Å². The number of rotatable bonds is 39. The minimum absolute atomic E-state index is 0.163. The molecule has 11 N–H and O–H groups in total. The van der Waals surface area contributed by atoms with Crippen LogP contribution in [0.1, 0.15) is 50.1 Å². The zero-order valence-electron chi connectivity index (χ0n) is 62.8. The first-order valence-corrected chi connectivity index (χ1v) is 35.9. The molecule has 2 unspecified atom stereocenters. The van der Waals surface area contributed by atoms with Crippen LogP contribution in [0, 0.1) is 0 Å². The van der Waals surface area contributed by atoms with Crippen molar-refractivity contribution < 1.29 is 73.0 Å². The summed E-state index contributed by atoms with van der Waals surface area (Å²) >= 11 is 0. The number of aliphatic hydroxyl groups excluding tert-OH is 1. The van der Waals surface area contributed by atoms with Crippen LogP contribution >= 0.6 is 0 Å². The second kappa shape index (κ2) is 44.7. The van der Waals surface area contributed by atoms with Crippen LogP contribution in [-0.2, 0) is 81.6 Å². The number of nitrogens with zero attached hydrogens (tertiary/aromatic N) is 3. The number of aliphatic hydroxyl groups is 1. The summed E-state index contributed by atoms with van der Waals surface area (Å²) in [5, 5.41) is 48.4. The number of hydrogen-bond donors (Lipinski definition) is 8. The van der Waals surface area contributed by atoms with Crippen molar-refractivity contribution in [3.05, 3.63) is 268 Å². The van der Waals surface area contributed by atoms with Crippen molar-refractivity contribution in [1.29, 1.82) is 0 Å². The molecule has 0 radical (unpaired) electrons. The van der Waals surface area contributed by atoms with Gasteiger partial charge in [-0.25, -0.2) is 0 Å². The summed E-state index contributed by atoms with van der Waals surface area (Å²) in [5.41, 5.74) is 27.8. The Morgan fingerprint density at radius 2 is 0.626 bits per heavy atom. The summed E-state index contributed by atoms with van der Waals surface area (Å²) in [5.74, 6) is 3.82. The predicted octanol–water partition coefficient (Wildman–Crippen LogP) is 10.3. The van der Waals surface area contributed by atoms with E-state index < -0.39 is 48.6 Å². The summed E-state index contributed by atoms with van der Waals surface area (Å²) in [6.45, 7) is 2.26. The third-order valence-electron chi connectivity index (χ3n) is 17.3. The van der Waals surface area contributed by atoms with E-state index in [1.165, 1.54) is 11.1 Å². The number of ether oxygens (including phenoxy) is 8. The molecule has 0 aromatic heterocycles. The van der Waals surface area contributed by atoms with Gasteiger partial charge in [0.1, 0.15) is 102 Å². The Hall–Kier alpha value is -10.2. The molecule has 107 heavy (non-hydrogen) atoms. The number of aromatic hydroxyl groups is 4. The second-order valence-corrected chi connectivity index (χ2v) is 27.2. The number of carbonyl (C=O) groups excluding carboxylic acids is 2. The van der Waals surface area contributed by atoms with Gasteiger partial charge in [-0.05, 0) is 241 Å². The molecule has 9 aromatic carbocycles. The number of likely N-dealkylation sites (N-methyl/N-ethyl adjacent to an activating group) is 3. The van der Waals surface area contributed by atoms with E-state index in [4.69, 9.17) is 55.1 Å². The molecule has 572 valence electrons. The number of esters is 2. The van der Waals surface area contributed by atoms with Gasteiger partial charge in [0, 0.05) is 19.6 Å². The number of phenolic OH excluding ortho intramolecular Hbond substituents is 4. The van der Waals surface area contributed by atoms with Gasteiger partial charge < -0.3 is 95.3 Å². The lowest BCUT2D eigenvalue weighted by Crippen LogP contribution is -2.44. The molecule has 0 aliphatic rings. The van der Waals surface area contributed by atoms with Gasteiger partial charge in [-0.1, -0.05) is 127 Å². The molecule has 0 amide bonds. The maximum Gasteiger partial charge on any atom is 0.323 e. The van der Waals surface area contributed by atoms with Gasteiger partial charge in [0.25, 0.3) is 0 Å². The fourth-order valence-corrected chi connectivity index (χ4v) is 11.5. The van der Waals surface area contributed by atoms with Gasteiger partial charge in [0.05, 0.1) is 20.3 Å². The van der Waals surface area contributed by atoms with E-state index in [9.17, 15) is 35.1 Å².